The van der Waals surface area contributed by atoms with Gasteiger partial charge in [-0.25, -0.2) is 0 Å². The van der Waals surface area contributed by atoms with Crippen molar-refractivity contribution in [2.75, 3.05) is 17.2 Å². The summed E-state index contributed by atoms with van der Waals surface area (Å²) in [4.78, 5) is 37.4. The third-order valence-electron chi connectivity index (χ3n) is 4.25. The van der Waals surface area contributed by atoms with E-state index in [1.807, 2.05) is 37.3 Å². The Morgan fingerprint density at radius 1 is 1.18 bits per heavy atom. The summed E-state index contributed by atoms with van der Waals surface area (Å²) >= 11 is 7.24. The van der Waals surface area contributed by atoms with Crippen molar-refractivity contribution in [3.05, 3.63) is 53.1 Å². The maximum atomic E-state index is 12.2. The molecule has 0 radical (unpaired) electrons. The number of halogens is 1. The fourth-order valence-electron chi connectivity index (χ4n) is 2.82. The molecule has 3 amide bonds. The van der Waals surface area contributed by atoms with Gasteiger partial charge >= 0.3 is 0 Å². The van der Waals surface area contributed by atoms with Crippen LogP contribution in [0.15, 0.2) is 47.4 Å². The van der Waals surface area contributed by atoms with Crippen LogP contribution in [-0.2, 0) is 20.8 Å². The fraction of sp³-hybridized carbons (Fsp3) is 0.250. The normalized spacial score (nSPS) is 15.4. The molecule has 146 valence electrons. The molecule has 1 atom stereocenters. The molecule has 2 aromatic rings. The van der Waals surface area contributed by atoms with E-state index >= 15 is 0 Å². The van der Waals surface area contributed by atoms with E-state index in [2.05, 4.69) is 16.0 Å². The summed E-state index contributed by atoms with van der Waals surface area (Å²) in [5.74, 6) is -0.921. The number of anilines is 2. The molecule has 2 aromatic carbocycles. The summed E-state index contributed by atoms with van der Waals surface area (Å²) in [5.41, 5.74) is 2.41. The molecule has 3 rings (SSSR count). The van der Waals surface area contributed by atoms with Gasteiger partial charge in [-0.15, -0.1) is 11.8 Å². The number of nitrogens with one attached hydrogen (secondary N) is 3. The number of para-hydroxylation sites is 1. The van der Waals surface area contributed by atoms with E-state index in [1.165, 1.54) is 11.8 Å². The van der Waals surface area contributed by atoms with E-state index in [-0.39, 0.29) is 30.7 Å². The van der Waals surface area contributed by atoms with E-state index in [0.29, 0.717) is 10.7 Å². The highest BCUT2D eigenvalue weighted by Gasteiger charge is 2.29. The van der Waals surface area contributed by atoms with E-state index in [0.717, 1.165) is 22.6 Å². The van der Waals surface area contributed by atoms with Crippen LogP contribution in [0.2, 0.25) is 5.02 Å². The average molecular weight is 418 g/mol. The quantitative estimate of drug-likeness (QED) is 0.671. The van der Waals surface area contributed by atoms with Gasteiger partial charge in [0.05, 0.1) is 17.5 Å². The number of thioether (sulfide) groups is 1. The molecule has 28 heavy (non-hydrogen) atoms. The van der Waals surface area contributed by atoms with Crippen molar-refractivity contribution in [1.82, 2.24) is 5.32 Å². The Morgan fingerprint density at radius 2 is 1.96 bits per heavy atom. The summed E-state index contributed by atoms with van der Waals surface area (Å²) < 4.78 is 0. The molecule has 0 bridgehead atoms. The van der Waals surface area contributed by atoms with Gasteiger partial charge in [0.15, 0.2) is 0 Å². The van der Waals surface area contributed by atoms with Crippen molar-refractivity contribution in [3.8, 4) is 0 Å². The number of rotatable bonds is 6. The largest absolute Gasteiger partial charge is 0.347 e. The predicted octanol–water partition coefficient (Wildman–Crippen LogP) is 3.46. The number of carbonyl (C=O) groups excluding carboxylic acids is 3. The predicted molar refractivity (Wildman–Crippen MR) is 112 cm³/mol. The van der Waals surface area contributed by atoms with Crippen LogP contribution in [0.4, 0.5) is 11.4 Å². The lowest BCUT2D eigenvalue weighted by Gasteiger charge is -2.23. The minimum absolute atomic E-state index is 0.0165. The standard InChI is InChI=1S/C20H20ClN3O3S/c1-2-12-5-3-4-6-14(12)23-19(26)11-22-18(25)10-17-20(27)24-15-9-13(21)7-8-16(15)28-17/h3-9,17H,2,10-11H2,1H3,(H,22,25)(H,23,26)(H,24,27)/t17-/m0/s1. The Bertz CT molecular complexity index is 919. The SMILES string of the molecule is CCc1ccccc1NC(=O)CNC(=O)C[C@@H]1Sc2ccc(Cl)cc2NC1=O. The smallest absolute Gasteiger partial charge is 0.243 e. The molecule has 1 aliphatic heterocycles. The van der Waals surface area contributed by atoms with Crippen molar-refractivity contribution < 1.29 is 14.4 Å². The average Bonchev–Trinajstić information content (AvgIpc) is 2.67. The molecule has 0 fully saturated rings. The Labute approximate surface area is 172 Å². The zero-order valence-corrected chi connectivity index (χ0v) is 16.8. The summed E-state index contributed by atoms with van der Waals surface area (Å²) in [6, 6.07) is 12.7. The van der Waals surface area contributed by atoms with Gasteiger partial charge in [0, 0.05) is 22.0 Å². The first-order chi connectivity index (χ1) is 13.5. The molecule has 0 spiro atoms. The van der Waals surface area contributed by atoms with Gasteiger partial charge in [-0.3, -0.25) is 14.4 Å². The van der Waals surface area contributed by atoms with E-state index in [1.54, 1.807) is 12.1 Å². The number of hydrogen-bond donors (Lipinski definition) is 3. The van der Waals surface area contributed by atoms with Crippen LogP contribution in [0.1, 0.15) is 18.9 Å². The van der Waals surface area contributed by atoms with Gasteiger partial charge in [-0.05, 0) is 36.2 Å². The van der Waals surface area contributed by atoms with Crippen LogP contribution >= 0.6 is 23.4 Å². The molecule has 1 aliphatic rings. The van der Waals surface area contributed by atoms with Crippen molar-refractivity contribution in [1.29, 1.82) is 0 Å². The van der Waals surface area contributed by atoms with Crippen molar-refractivity contribution >= 4 is 52.5 Å². The summed E-state index contributed by atoms with van der Waals surface area (Å²) in [5, 5.41) is 8.11. The Morgan fingerprint density at radius 3 is 2.75 bits per heavy atom. The summed E-state index contributed by atoms with van der Waals surface area (Å²) in [6.07, 6.45) is 0.779. The van der Waals surface area contributed by atoms with E-state index < -0.39 is 5.25 Å². The molecule has 0 aromatic heterocycles. The molecule has 3 N–H and O–H groups in total. The number of hydrogen-bond acceptors (Lipinski definition) is 4. The number of carbonyl (C=O) groups is 3. The Hall–Kier alpha value is -2.51. The number of aryl methyl sites for hydroxylation is 1. The van der Waals surface area contributed by atoms with E-state index in [4.69, 9.17) is 11.6 Å². The van der Waals surface area contributed by atoms with Gasteiger partial charge in [0.1, 0.15) is 0 Å². The maximum Gasteiger partial charge on any atom is 0.243 e. The summed E-state index contributed by atoms with van der Waals surface area (Å²) in [7, 11) is 0. The van der Waals surface area contributed by atoms with Crippen LogP contribution in [0.5, 0.6) is 0 Å². The topological polar surface area (TPSA) is 87.3 Å². The molecule has 0 saturated carbocycles. The lowest BCUT2D eigenvalue weighted by molar-refractivity contribution is -0.125. The zero-order chi connectivity index (χ0) is 20.1. The summed E-state index contributed by atoms with van der Waals surface area (Å²) in [6.45, 7) is 1.85. The monoisotopic (exact) mass is 417 g/mol. The third kappa shape index (κ3) is 5.05. The fourth-order valence-corrected chi connectivity index (χ4v) is 4.08. The number of amides is 3. The maximum absolute atomic E-state index is 12.2. The Kier molecular flexibility index (Phi) is 6.59. The van der Waals surface area contributed by atoms with Crippen LogP contribution in [0, 0.1) is 0 Å². The van der Waals surface area contributed by atoms with Gasteiger partial charge < -0.3 is 16.0 Å². The molecule has 8 heteroatoms. The molecular formula is C20H20ClN3O3S. The highest BCUT2D eigenvalue weighted by Crippen LogP contribution is 2.38. The third-order valence-corrected chi connectivity index (χ3v) is 5.76. The molecule has 0 unspecified atom stereocenters. The van der Waals surface area contributed by atoms with Crippen LogP contribution in [0.3, 0.4) is 0 Å². The van der Waals surface area contributed by atoms with E-state index in [9.17, 15) is 14.4 Å². The first-order valence-corrected chi connectivity index (χ1v) is 10.1. The molecular weight excluding hydrogens is 398 g/mol. The molecule has 0 aliphatic carbocycles. The second kappa shape index (κ2) is 9.12. The zero-order valence-electron chi connectivity index (χ0n) is 15.3. The highest BCUT2D eigenvalue weighted by molar-refractivity contribution is 8.01. The molecule has 6 nitrogen and oxygen atoms in total. The number of fused-ring (bicyclic) bond motifs is 1. The first kappa shape index (κ1) is 20.2. The first-order valence-electron chi connectivity index (χ1n) is 8.87. The van der Waals surface area contributed by atoms with Gasteiger partial charge in [0.2, 0.25) is 17.7 Å². The van der Waals surface area contributed by atoms with Crippen LogP contribution in [0.25, 0.3) is 0 Å². The lowest BCUT2D eigenvalue weighted by atomic mass is 10.1. The van der Waals surface area contributed by atoms with Gasteiger partial charge in [-0.2, -0.15) is 0 Å². The molecule has 0 saturated heterocycles. The van der Waals surface area contributed by atoms with Gasteiger partial charge in [-0.1, -0.05) is 36.7 Å². The minimum atomic E-state index is -0.558. The minimum Gasteiger partial charge on any atom is -0.347 e. The number of benzene rings is 2. The van der Waals surface area contributed by atoms with Crippen molar-refractivity contribution in [3.63, 3.8) is 0 Å². The Balaban J connectivity index is 1.51. The lowest BCUT2D eigenvalue weighted by Crippen LogP contribution is -2.38. The highest BCUT2D eigenvalue weighted by atomic mass is 35.5. The van der Waals surface area contributed by atoms with Gasteiger partial charge in [0.25, 0.3) is 0 Å². The van der Waals surface area contributed by atoms with Crippen molar-refractivity contribution in [2.45, 2.75) is 29.9 Å². The van der Waals surface area contributed by atoms with Crippen molar-refractivity contribution in [2.24, 2.45) is 0 Å². The second-order valence-electron chi connectivity index (χ2n) is 6.28. The molecule has 1 heterocycles. The van der Waals surface area contributed by atoms with Crippen LogP contribution in [-0.4, -0.2) is 29.5 Å². The second-order valence-corrected chi connectivity index (χ2v) is 7.96. The van der Waals surface area contributed by atoms with Crippen LogP contribution < -0.4 is 16.0 Å².